The van der Waals surface area contributed by atoms with Gasteiger partial charge in [0.05, 0.1) is 24.4 Å². The minimum Gasteiger partial charge on any atom is -0.462 e. The molecule has 230 valence electrons. The molecule has 0 bridgehead atoms. The van der Waals surface area contributed by atoms with Crippen LogP contribution in [-0.4, -0.2) is 91.0 Å². The number of epoxide rings is 1. The first-order chi connectivity index (χ1) is 19.9. The van der Waals surface area contributed by atoms with Crippen LogP contribution in [-0.2, 0) is 42.7 Å². The smallest absolute Gasteiger partial charge is 0.331 e. The molecule has 1 N–H and O–H groups in total. The van der Waals surface area contributed by atoms with E-state index in [0.717, 1.165) is 24.8 Å². The van der Waals surface area contributed by atoms with Gasteiger partial charge in [0, 0.05) is 50.2 Å². The number of fused-ring (bicyclic) bond motifs is 5. The lowest BCUT2D eigenvalue weighted by molar-refractivity contribution is -0.345. The van der Waals surface area contributed by atoms with E-state index in [9.17, 15) is 14.7 Å². The molecule has 3 saturated heterocycles. The summed E-state index contributed by atoms with van der Waals surface area (Å²) in [5.41, 5.74) is -0.859. The van der Waals surface area contributed by atoms with E-state index in [0.29, 0.717) is 12.8 Å². The van der Waals surface area contributed by atoms with Gasteiger partial charge < -0.3 is 38.3 Å². The maximum atomic E-state index is 13.0. The maximum Gasteiger partial charge on any atom is 0.331 e. The number of esters is 2. The minimum absolute atomic E-state index is 0.0287. The molecule has 0 aromatic heterocycles. The fourth-order valence-corrected chi connectivity index (χ4v) is 10.7. The molecule has 0 aromatic carbocycles. The van der Waals surface area contributed by atoms with E-state index in [1.807, 2.05) is 6.92 Å². The maximum absolute atomic E-state index is 13.0. The van der Waals surface area contributed by atoms with Gasteiger partial charge in [0.2, 0.25) is 0 Å². The van der Waals surface area contributed by atoms with Gasteiger partial charge >= 0.3 is 11.9 Å². The van der Waals surface area contributed by atoms with E-state index in [4.69, 9.17) is 33.2 Å². The van der Waals surface area contributed by atoms with Gasteiger partial charge in [-0.25, -0.2) is 4.79 Å². The predicted molar refractivity (Wildman–Crippen MR) is 145 cm³/mol. The molecule has 4 heterocycles. The summed E-state index contributed by atoms with van der Waals surface area (Å²) >= 11 is 0. The number of cyclic esters (lactones) is 1. The van der Waals surface area contributed by atoms with Crippen LogP contribution in [0.5, 0.6) is 0 Å². The van der Waals surface area contributed by atoms with Crippen LogP contribution >= 0.6 is 0 Å². The summed E-state index contributed by atoms with van der Waals surface area (Å²) in [5, 5.41) is 13.0. The topological polar surface area (TPSA) is 122 Å². The summed E-state index contributed by atoms with van der Waals surface area (Å²) in [7, 11) is 1.71. The Morgan fingerprint density at radius 2 is 1.95 bits per heavy atom. The minimum atomic E-state index is -1.25. The van der Waals surface area contributed by atoms with Crippen molar-refractivity contribution in [3.63, 3.8) is 0 Å². The number of hydrogen-bond acceptors (Lipinski definition) is 10. The van der Waals surface area contributed by atoms with Crippen molar-refractivity contribution in [1.29, 1.82) is 0 Å². The molecule has 4 aliphatic carbocycles. The normalized spacial score (nSPS) is 55.4. The molecule has 0 aromatic rings. The first-order valence-corrected chi connectivity index (χ1v) is 15.6. The lowest BCUT2D eigenvalue weighted by Crippen LogP contribution is -2.68. The van der Waals surface area contributed by atoms with Gasteiger partial charge in [-0.1, -0.05) is 25.5 Å². The second kappa shape index (κ2) is 8.88. The first-order valence-electron chi connectivity index (χ1n) is 15.6. The van der Waals surface area contributed by atoms with Crippen LogP contribution in [0.25, 0.3) is 0 Å². The fraction of sp³-hybridized carbons (Fsp3) is 0.812. The number of methoxy groups -OCH3 is 1. The zero-order chi connectivity index (χ0) is 29.4. The van der Waals surface area contributed by atoms with Crippen molar-refractivity contribution in [3.05, 3.63) is 23.3 Å². The van der Waals surface area contributed by atoms with Gasteiger partial charge in [-0.05, 0) is 43.6 Å². The van der Waals surface area contributed by atoms with Crippen LogP contribution in [0.4, 0.5) is 0 Å². The van der Waals surface area contributed by atoms with E-state index in [2.05, 4.69) is 19.9 Å². The van der Waals surface area contributed by atoms with Crippen molar-refractivity contribution in [2.45, 2.75) is 126 Å². The zero-order valence-corrected chi connectivity index (χ0v) is 25.0. The number of carbonyl (C=O) groups is 2. The van der Waals surface area contributed by atoms with Crippen LogP contribution in [0.1, 0.15) is 66.2 Å². The number of hydrogen-bond donors (Lipinski definition) is 1. The molecule has 8 rings (SSSR count). The highest BCUT2D eigenvalue weighted by Gasteiger charge is 2.86. The highest BCUT2D eigenvalue weighted by Crippen LogP contribution is 2.77. The number of aliphatic hydroxyl groups is 1. The second-order valence-electron chi connectivity index (χ2n) is 14.5. The summed E-state index contributed by atoms with van der Waals surface area (Å²) < 4.78 is 43.1. The third kappa shape index (κ3) is 3.42. The molecule has 10 heteroatoms. The molecule has 3 saturated carbocycles. The average Bonchev–Trinajstić information content (AvgIpc) is 3.40. The van der Waals surface area contributed by atoms with E-state index in [-0.39, 0.29) is 72.9 Å². The Balaban J connectivity index is 1.14. The monoisotopic (exact) mass is 586 g/mol. The molecular formula is C32H42O10. The van der Waals surface area contributed by atoms with Gasteiger partial charge in [0.1, 0.15) is 36.1 Å². The van der Waals surface area contributed by atoms with Crippen LogP contribution in [0.2, 0.25) is 0 Å². The van der Waals surface area contributed by atoms with Gasteiger partial charge in [-0.2, -0.15) is 0 Å². The SMILES string of the molecule is CO[C@@H]1C[C@@H](C)O[C@@H]2OC3C=C4C[C@@H]5O[C@]56C(CC[C@]5(C)C(C7=CC(=O)OC7)[C@H](OC(C)=O)C[C@]65O)[C@@]4(C)C[C@H]3O[C@H]21. The quantitative estimate of drug-likeness (QED) is 0.300. The Morgan fingerprint density at radius 3 is 2.67 bits per heavy atom. The zero-order valence-electron chi connectivity index (χ0n) is 25.0. The summed E-state index contributed by atoms with van der Waals surface area (Å²) in [6, 6.07) is 0. The molecular weight excluding hydrogens is 544 g/mol. The van der Waals surface area contributed by atoms with Gasteiger partial charge in [0.15, 0.2) is 6.29 Å². The van der Waals surface area contributed by atoms with Crippen LogP contribution in [0, 0.1) is 22.7 Å². The average molecular weight is 587 g/mol. The van der Waals surface area contributed by atoms with Crippen molar-refractivity contribution >= 4 is 11.9 Å². The molecule has 14 atom stereocenters. The third-order valence-corrected chi connectivity index (χ3v) is 12.5. The molecule has 0 amide bonds. The van der Waals surface area contributed by atoms with Crippen LogP contribution in [0.15, 0.2) is 23.3 Å². The largest absolute Gasteiger partial charge is 0.462 e. The molecule has 0 radical (unpaired) electrons. The van der Waals surface area contributed by atoms with Crippen molar-refractivity contribution < 1.29 is 47.9 Å². The number of rotatable bonds is 3. The fourth-order valence-electron chi connectivity index (χ4n) is 10.7. The van der Waals surface area contributed by atoms with Crippen LogP contribution in [0.3, 0.4) is 0 Å². The summed E-state index contributed by atoms with van der Waals surface area (Å²) in [5.74, 6) is -1.07. The van der Waals surface area contributed by atoms with E-state index in [1.54, 1.807) is 7.11 Å². The molecule has 42 heavy (non-hydrogen) atoms. The standard InChI is InChI=1S/C32H42O10/c1-15-8-20(36-5)27-28(38-15)41-19-10-18-11-24-32(42-24)23(29(18,3)12-21(19)40-27)6-7-30(4)26(17-9-25(34)37-14-17)22(39-16(2)33)13-31(30,32)35/h9-10,15,19-24,26-28,35H,6-8,11-14H2,1-5H3/t15-,19?,20-,21-,22-,23?,24+,26?,27+,28-,29+,30-,31-,32-/m1/s1. The molecule has 10 nitrogen and oxygen atoms in total. The van der Waals surface area contributed by atoms with Crippen molar-refractivity contribution in [2.75, 3.05) is 13.7 Å². The summed E-state index contributed by atoms with van der Waals surface area (Å²) in [6.45, 7) is 7.98. The molecule has 8 aliphatic rings. The van der Waals surface area contributed by atoms with Crippen molar-refractivity contribution in [3.8, 4) is 0 Å². The lowest BCUT2D eigenvalue weighted by Gasteiger charge is -2.61. The van der Waals surface area contributed by atoms with Crippen LogP contribution < -0.4 is 0 Å². The Labute approximate surface area is 246 Å². The Bertz CT molecular complexity index is 1280. The number of carbonyl (C=O) groups excluding carboxylic acids is 2. The summed E-state index contributed by atoms with van der Waals surface area (Å²) in [4.78, 5) is 24.3. The summed E-state index contributed by atoms with van der Waals surface area (Å²) in [6.07, 6.45) is 5.85. The first kappa shape index (κ1) is 27.7. The van der Waals surface area contributed by atoms with Crippen molar-refractivity contribution in [2.24, 2.45) is 22.7 Å². The van der Waals surface area contributed by atoms with E-state index in [1.165, 1.54) is 18.6 Å². The van der Waals surface area contributed by atoms with E-state index >= 15 is 0 Å². The highest BCUT2D eigenvalue weighted by molar-refractivity contribution is 5.85. The lowest BCUT2D eigenvalue weighted by atomic mass is 9.44. The highest BCUT2D eigenvalue weighted by atomic mass is 16.7. The van der Waals surface area contributed by atoms with Gasteiger partial charge in [0.25, 0.3) is 0 Å². The Kier molecular flexibility index (Phi) is 5.86. The van der Waals surface area contributed by atoms with E-state index < -0.39 is 35.0 Å². The number of ether oxygens (including phenoxy) is 7. The molecule has 3 unspecified atom stereocenters. The molecule has 1 spiro atoms. The van der Waals surface area contributed by atoms with Gasteiger partial charge in [-0.3, -0.25) is 4.79 Å². The third-order valence-electron chi connectivity index (χ3n) is 12.5. The second-order valence-corrected chi connectivity index (χ2v) is 14.5. The Hall–Kier alpha value is -1.82. The molecule has 6 fully saturated rings. The van der Waals surface area contributed by atoms with Crippen molar-refractivity contribution in [1.82, 2.24) is 0 Å². The van der Waals surface area contributed by atoms with Gasteiger partial charge in [-0.15, -0.1) is 0 Å². The Morgan fingerprint density at radius 1 is 1.14 bits per heavy atom. The molecule has 4 aliphatic heterocycles. The predicted octanol–water partition coefficient (Wildman–Crippen LogP) is 2.75.